The Morgan fingerprint density at radius 1 is 0.647 bits per heavy atom. The van der Waals surface area contributed by atoms with Crippen molar-refractivity contribution in [3.8, 4) is 0 Å². The zero-order chi connectivity index (χ0) is 12.1. The average Bonchev–Trinajstić information content (AvgIpc) is 2.29. The molecule has 0 rings (SSSR count). The molecule has 0 aliphatic heterocycles. The maximum Gasteiger partial charge on any atom is 1.00 e. The van der Waals surface area contributed by atoms with Gasteiger partial charge in [-0.1, -0.05) is 0 Å². The number of ether oxygens (including phenoxy) is 3. The van der Waals surface area contributed by atoms with Gasteiger partial charge in [0.15, 0.2) is 0 Å². The van der Waals surface area contributed by atoms with E-state index in [1.54, 1.807) is 21.3 Å². The zero-order valence-electron chi connectivity index (χ0n) is 12.3. The smallest absolute Gasteiger partial charge is 1.00 e. The maximum atomic E-state index is 5.43. The second kappa shape index (κ2) is 17.3. The first-order chi connectivity index (χ1) is 7.85. The van der Waals surface area contributed by atoms with Crippen LogP contribution in [0.4, 0.5) is 0 Å². The largest absolute Gasteiger partial charge is 1.00 e. The van der Waals surface area contributed by atoms with Gasteiger partial charge < -0.3 is 27.0 Å². The van der Waals surface area contributed by atoms with E-state index in [2.05, 4.69) is 0 Å². The molecule has 6 nitrogen and oxygen atoms in total. The van der Waals surface area contributed by atoms with Gasteiger partial charge >= 0.3 is 44.7 Å². The third kappa shape index (κ3) is 15.2. The molecule has 0 saturated heterocycles. The molecule has 0 spiro atoms. The molecule has 0 atom stereocenters. The predicted molar refractivity (Wildman–Crippen MR) is 60.4 cm³/mol. The van der Waals surface area contributed by atoms with Crippen molar-refractivity contribution in [2.45, 2.75) is 0 Å². The van der Waals surface area contributed by atoms with E-state index in [1.807, 2.05) is 0 Å². The first-order valence-corrected chi connectivity index (χ1v) is 6.58. The molecule has 0 fully saturated rings. The third-order valence-electron chi connectivity index (χ3n) is 1.62. The minimum Gasteiger partial charge on any atom is -1.00 e. The number of hydrogen-bond acceptors (Lipinski definition) is 6. The molecule has 0 aliphatic carbocycles. The van der Waals surface area contributed by atoms with Gasteiger partial charge in [0.1, 0.15) is 0 Å². The molecular formula is C9H22AlNaO6. The van der Waals surface area contributed by atoms with E-state index in [0.717, 1.165) is 0 Å². The van der Waals surface area contributed by atoms with Crippen LogP contribution in [0.25, 0.3) is 0 Å². The summed E-state index contributed by atoms with van der Waals surface area (Å²) >= 11 is -2.07. The van der Waals surface area contributed by atoms with E-state index in [4.69, 9.17) is 25.6 Å². The fraction of sp³-hybridized carbons (Fsp3) is 1.00. The topological polar surface area (TPSA) is 55.4 Å². The number of methoxy groups -OCH3 is 3. The Labute approximate surface area is 132 Å². The Bertz CT molecular complexity index is 124. The Morgan fingerprint density at radius 2 is 0.941 bits per heavy atom. The molecule has 0 aromatic heterocycles. The summed E-state index contributed by atoms with van der Waals surface area (Å²) in [5, 5.41) is 0. The molecule has 8 heteroatoms. The first-order valence-electron chi connectivity index (χ1n) is 5.16. The van der Waals surface area contributed by atoms with Crippen LogP contribution in [0.3, 0.4) is 0 Å². The minimum atomic E-state index is -2.07. The Morgan fingerprint density at radius 3 is 1.18 bits per heavy atom. The molecule has 0 radical (unpaired) electrons. The van der Waals surface area contributed by atoms with Gasteiger partial charge in [0, 0.05) is 41.2 Å². The fourth-order valence-electron chi connectivity index (χ4n) is 0.827. The molecule has 0 heterocycles. The molecule has 0 aromatic rings. The molecule has 17 heavy (non-hydrogen) atoms. The van der Waals surface area contributed by atoms with E-state index < -0.39 is 15.1 Å². The summed E-state index contributed by atoms with van der Waals surface area (Å²) in [7, 11) is 4.87. The van der Waals surface area contributed by atoms with Crippen molar-refractivity contribution in [1.82, 2.24) is 0 Å². The van der Waals surface area contributed by atoms with E-state index in [-0.39, 0.29) is 31.0 Å². The van der Waals surface area contributed by atoms with Crippen LogP contribution in [0.15, 0.2) is 0 Å². The average molecular weight is 276 g/mol. The van der Waals surface area contributed by atoms with Crippen LogP contribution in [0.5, 0.6) is 0 Å². The van der Waals surface area contributed by atoms with Gasteiger partial charge in [-0.2, -0.15) is 0 Å². The van der Waals surface area contributed by atoms with E-state index in [1.165, 1.54) is 0 Å². The minimum absolute atomic E-state index is 0. The summed E-state index contributed by atoms with van der Waals surface area (Å²) in [5.74, 6) is 0. The predicted octanol–water partition coefficient (Wildman–Crippen LogP) is -2.92. The fourth-order valence-corrected chi connectivity index (χ4v) is 1.98. The summed E-state index contributed by atoms with van der Waals surface area (Å²) in [4.78, 5) is 0. The third-order valence-corrected chi connectivity index (χ3v) is 3.15. The van der Waals surface area contributed by atoms with Crippen LogP contribution in [-0.2, 0) is 25.6 Å². The molecule has 0 bridgehead atoms. The standard InChI is InChI=1S/3C3H7O2.Al.Na.H/c3*1-5-3-2-4;;;/h3*2-3H2,1H3;;;/q3*-1;+3;+1;-1. The van der Waals surface area contributed by atoms with Crippen molar-refractivity contribution >= 4 is 15.1 Å². The zero-order valence-corrected chi connectivity index (χ0v) is 14.4. The quantitative estimate of drug-likeness (QED) is 0.281. The maximum absolute atomic E-state index is 5.43. The molecule has 0 aliphatic rings. The van der Waals surface area contributed by atoms with Crippen LogP contribution >= 0.6 is 0 Å². The van der Waals surface area contributed by atoms with E-state index in [0.29, 0.717) is 39.6 Å². The Balaban J connectivity index is -0.00000112. The second-order valence-corrected chi connectivity index (χ2v) is 4.46. The van der Waals surface area contributed by atoms with Crippen LogP contribution in [-0.4, -0.2) is 76.1 Å². The SMILES string of the molecule is COCC[O][Al]([O]CCOC)[O]CCOC.[H-].[Na+]. The Hall–Kier alpha value is 1.29. The molecule has 0 saturated carbocycles. The van der Waals surface area contributed by atoms with Crippen LogP contribution < -0.4 is 29.6 Å². The van der Waals surface area contributed by atoms with E-state index >= 15 is 0 Å². The monoisotopic (exact) mass is 276 g/mol. The van der Waals surface area contributed by atoms with Crippen LogP contribution in [0.2, 0.25) is 0 Å². The molecule has 0 amide bonds. The van der Waals surface area contributed by atoms with Crippen molar-refractivity contribution in [2.24, 2.45) is 0 Å². The molecule has 0 aromatic carbocycles. The summed E-state index contributed by atoms with van der Waals surface area (Å²) < 4.78 is 30.9. The summed E-state index contributed by atoms with van der Waals surface area (Å²) in [6.07, 6.45) is 0. The van der Waals surface area contributed by atoms with Crippen molar-refractivity contribution in [3.05, 3.63) is 0 Å². The van der Waals surface area contributed by atoms with Crippen molar-refractivity contribution in [2.75, 3.05) is 61.0 Å². The van der Waals surface area contributed by atoms with Gasteiger partial charge in [-0.15, -0.1) is 0 Å². The summed E-state index contributed by atoms with van der Waals surface area (Å²) in [6, 6.07) is 0. The molecule has 0 unspecified atom stereocenters. The number of hydrogen-bond donors (Lipinski definition) is 0. The first kappa shape index (κ1) is 20.6. The van der Waals surface area contributed by atoms with Crippen molar-refractivity contribution < 1.29 is 56.6 Å². The van der Waals surface area contributed by atoms with Crippen molar-refractivity contribution in [1.29, 1.82) is 0 Å². The van der Waals surface area contributed by atoms with Gasteiger partial charge in [0.2, 0.25) is 0 Å². The second-order valence-electron chi connectivity index (χ2n) is 2.88. The summed E-state index contributed by atoms with van der Waals surface area (Å²) in [5.41, 5.74) is 0. The molecular weight excluding hydrogens is 254 g/mol. The Kier molecular flexibility index (Phi) is 21.0. The van der Waals surface area contributed by atoms with Gasteiger partial charge in [-0.05, 0) is 0 Å². The van der Waals surface area contributed by atoms with Gasteiger partial charge in [-0.25, -0.2) is 0 Å². The van der Waals surface area contributed by atoms with Gasteiger partial charge in [0.05, 0.1) is 19.8 Å². The number of rotatable bonds is 12. The van der Waals surface area contributed by atoms with Crippen molar-refractivity contribution in [3.63, 3.8) is 0 Å². The summed E-state index contributed by atoms with van der Waals surface area (Å²) in [6.45, 7) is 3.04. The normalized spacial score (nSPS) is 10.1. The van der Waals surface area contributed by atoms with Gasteiger partial charge in [0.25, 0.3) is 0 Å². The molecule has 0 N–H and O–H groups in total. The van der Waals surface area contributed by atoms with Crippen LogP contribution in [0.1, 0.15) is 1.43 Å². The van der Waals surface area contributed by atoms with Gasteiger partial charge in [-0.3, -0.25) is 0 Å². The molecule has 98 valence electrons. The van der Waals surface area contributed by atoms with Crippen LogP contribution in [0, 0.1) is 0 Å². The van der Waals surface area contributed by atoms with E-state index in [9.17, 15) is 0 Å².